The summed E-state index contributed by atoms with van der Waals surface area (Å²) in [7, 11) is 1.33. The van der Waals surface area contributed by atoms with Crippen molar-refractivity contribution in [2.24, 2.45) is 0 Å². The Morgan fingerprint density at radius 1 is 1.00 bits per heavy atom. The molecule has 0 saturated heterocycles. The highest BCUT2D eigenvalue weighted by Gasteiger charge is 2.00. The summed E-state index contributed by atoms with van der Waals surface area (Å²) >= 11 is 0. The van der Waals surface area contributed by atoms with Crippen molar-refractivity contribution in [3.05, 3.63) is 12.2 Å². The summed E-state index contributed by atoms with van der Waals surface area (Å²) in [4.78, 5) is 10.8. The Labute approximate surface area is 124 Å². The van der Waals surface area contributed by atoms with Gasteiger partial charge in [-0.25, -0.2) is 4.79 Å². The van der Waals surface area contributed by atoms with E-state index in [0.717, 1.165) is 19.3 Å². The fourth-order valence-corrected chi connectivity index (χ4v) is 2.19. The molecule has 0 spiro atoms. The van der Waals surface area contributed by atoms with Crippen molar-refractivity contribution in [3.63, 3.8) is 0 Å². The van der Waals surface area contributed by atoms with Crippen LogP contribution in [0, 0.1) is 0 Å². The van der Waals surface area contributed by atoms with Gasteiger partial charge in [-0.1, -0.05) is 71.1 Å². The highest BCUT2D eigenvalue weighted by atomic mass is 16.5. The van der Waals surface area contributed by atoms with Gasteiger partial charge in [-0.05, 0) is 12.5 Å². The van der Waals surface area contributed by atoms with Crippen LogP contribution in [0.5, 0.6) is 0 Å². The van der Waals surface area contributed by atoms with Gasteiger partial charge in [0.2, 0.25) is 0 Å². The third-order valence-corrected chi connectivity index (χ3v) is 3.51. The third kappa shape index (κ3) is 13.6. The molecule has 3 nitrogen and oxygen atoms in total. The SMILES string of the molecule is CCCCCCCCCCCCC(O)C=CC(=O)OC. The second kappa shape index (κ2) is 14.6. The Bertz CT molecular complexity index is 249. The average Bonchev–Trinajstić information content (AvgIpc) is 2.46. The van der Waals surface area contributed by atoms with Crippen molar-refractivity contribution in [1.29, 1.82) is 0 Å². The second-order valence-corrected chi connectivity index (χ2v) is 5.42. The number of rotatable bonds is 13. The van der Waals surface area contributed by atoms with E-state index in [9.17, 15) is 9.90 Å². The lowest BCUT2D eigenvalue weighted by atomic mass is 10.0. The molecule has 0 bridgehead atoms. The number of carbonyl (C=O) groups excluding carboxylic acids is 1. The molecule has 3 heteroatoms. The van der Waals surface area contributed by atoms with Crippen LogP contribution >= 0.6 is 0 Å². The van der Waals surface area contributed by atoms with E-state index in [-0.39, 0.29) is 0 Å². The van der Waals surface area contributed by atoms with E-state index in [1.165, 1.54) is 70.6 Å². The maximum atomic E-state index is 10.8. The lowest BCUT2D eigenvalue weighted by molar-refractivity contribution is -0.134. The summed E-state index contributed by atoms with van der Waals surface area (Å²) in [5, 5.41) is 9.62. The molecule has 0 aliphatic carbocycles. The van der Waals surface area contributed by atoms with Crippen LogP contribution in [0.1, 0.15) is 77.6 Å². The zero-order valence-corrected chi connectivity index (χ0v) is 13.3. The number of unbranched alkanes of at least 4 members (excludes halogenated alkanes) is 9. The standard InChI is InChI=1S/C17H32O3/c1-3-4-5-6-7-8-9-10-11-12-13-16(18)14-15-17(19)20-2/h14-16,18H,3-13H2,1-2H3. The molecule has 0 heterocycles. The summed E-state index contributed by atoms with van der Waals surface area (Å²) in [5.74, 6) is -0.410. The van der Waals surface area contributed by atoms with Crippen LogP contribution in [0.15, 0.2) is 12.2 Å². The summed E-state index contributed by atoms with van der Waals surface area (Å²) in [6.45, 7) is 2.24. The Balaban J connectivity index is 3.27. The number of aliphatic hydroxyl groups excluding tert-OH is 1. The zero-order chi connectivity index (χ0) is 15.1. The molecule has 0 aliphatic rings. The first-order valence-electron chi connectivity index (χ1n) is 8.15. The summed E-state index contributed by atoms with van der Waals surface area (Å²) < 4.78 is 4.47. The number of hydrogen-bond acceptors (Lipinski definition) is 3. The first kappa shape index (κ1) is 19.2. The lowest BCUT2D eigenvalue weighted by Crippen LogP contribution is -2.04. The molecule has 0 rings (SSSR count). The summed E-state index contributed by atoms with van der Waals surface area (Å²) in [5.41, 5.74) is 0. The fourth-order valence-electron chi connectivity index (χ4n) is 2.19. The minimum Gasteiger partial charge on any atom is -0.466 e. The number of carbonyl (C=O) groups is 1. The quantitative estimate of drug-likeness (QED) is 0.310. The van der Waals surface area contributed by atoms with E-state index in [1.807, 2.05) is 0 Å². The molecule has 1 unspecified atom stereocenters. The molecule has 0 aromatic heterocycles. The second-order valence-electron chi connectivity index (χ2n) is 5.42. The van der Waals surface area contributed by atoms with E-state index in [1.54, 1.807) is 0 Å². The van der Waals surface area contributed by atoms with Crippen LogP contribution in [-0.2, 0) is 9.53 Å². The predicted octanol–water partition coefficient (Wildman–Crippen LogP) is 4.39. The van der Waals surface area contributed by atoms with Gasteiger partial charge in [0.1, 0.15) is 0 Å². The van der Waals surface area contributed by atoms with Crippen LogP contribution in [0.3, 0.4) is 0 Å². The van der Waals surface area contributed by atoms with Gasteiger partial charge in [0, 0.05) is 6.08 Å². The van der Waals surface area contributed by atoms with Crippen molar-refractivity contribution in [3.8, 4) is 0 Å². The molecule has 0 fully saturated rings. The molecule has 118 valence electrons. The lowest BCUT2D eigenvalue weighted by Gasteiger charge is -2.05. The Morgan fingerprint density at radius 3 is 2.00 bits per heavy atom. The van der Waals surface area contributed by atoms with Crippen molar-refractivity contribution < 1.29 is 14.6 Å². The maximum Gasteiger partial charge on any atom is 0.330 e. The highest BCUT2D eigenvalue weighted by Crippen LogP contribution is 2.12. The smallest absolute Gasteiger partial charge is 0.330 e. The number of ether oxygens (including phenoxy) is 1. The van der Waals surface area contributed by atoms with Gasteiger partial charge in [-0.15, -0.1) is 0 Å². The van der Waals surface area contributed by atoms with Crippen LogP contribution in [0.4, 0.5) is 0 Å². The van der Waals surface area contributed by atoms with Gasteiger partial charge < -0.3 is 9.84 Å². The molecule has 20 heavy (non-hydrogen) atoms. The molecule has 0 amide bonds. The number of hydrogen-bond donors (Lipinski definition) is 1. The maximum absolute atomic E-state index is 10.8. The normalized spacial score (nSPS) is 12.8. The van der Waals surface area contributed by atoms with Crippen molar-refractivity contribution >= 4 is 5.97 Å². The molecule has 1 N–H and O–H groups in total. The molecule has 0 aromatic rings. The minimum atomic E-state index is -0.525. The van der Waals surface area contributed by atoms with Crippen LogP contribution in [-0.4, -0.2) is 24.3 Å². The van der Waals surface area contributed by atoms with Crippen LogP contribution < -0.4 is 0 Å². The third-order valence-electron chi connectivity index (χ3n) is 3.51. The Hall–Kier alpha value is -0.830. The fraction of sp³-hybridized carbons (Fsp3) is 0.824. The summed E-state index contributed by atoms with van der Waals surface area (Å²) in [6, 6.07) is 0. The molecule has 0 saturated carbocycles. The zero-order valence-electron chi connectivity index (χ0n) is 13.3. The van der Waals surface area contributed by atoms with Crippen molar-refractivity contribution in [2.75, 3.05) is 7.11 Å². The molecule has 0 aromatic carbocycles. The highest BCUT2D eigenvalue weighted by molar-refractivity contribution is 5.81. The first-order chi connectivity index (χ1) is 9.70. The van der Waals surface area contributed by atoms with E-state index >= 15 is 0 Å². The average molecular weight is 284 g/mol. The monoisotopic (exact) mass is 284 g/mol. The number of aliphatic hydroxyl groups is 1. The molecule has 1 atom stereocenters. The van der Waals surface area contributed by atoms with E-state index in [2.05, 4.69) is 11.7 Å². The van der Waals surface area contributed by atoms with Gasteiger partial charge in [-0.2, -0.15) is 0 Å². The topological polar surface area (TPSA) is 46.5 Å². The van der Waals surface area contributed by atoms with Crippen molar-refractivity contribution in [2.45, 2.75) is 83.7 Å². The van der Waals surface area contributed by atoms with E-state index in [4.69, 9.17) is 0 Å². The van der Waals surface area contributed by atoms with Crippen LogP contribution in [0.2, 0.25) is 0 Å². The van der Waals surface area contributed by atoms with Gasteiger partial charge in [0.15, 0.2) is 0 Å². The van der Waals surface area contributed by atoms with Crippen molar-refractivity contribution in [1.82, 2.24) is 0 Å². The first-order valence-corrected chi connectivity index (χ1v) is 8.15. The molecule has 0 aliphatic heterocycles. The van der Waals surface area contributed by atoms with E-state index in [0.29, 0.717) is 0 Å². The van der Waals surface area contributed by atoms with Crippen LogP contribution in [0.25, 0.3) is 0 Å². The van der Waals surface area contributed by atoms with Gasteiger partial charge in [-0.3, -0.25) is 0 Å². The largest absolute Gasteiger partial charge is 0.466 e. The van der Waals surface area contributed by atoms with E-state index < -0.39 is 12.1 Å². The van der Waals surface area contributed by atoms with Gasteiger partial charge in [0.25, 0.3) is 0 Å². The number of esters is 1. The van der Waals surface area contributed by atoms with Gasteiger partial charge >= 0.3 is 5.97 Å². The molecular formula is C17H32O3. The predicted molar refractivity (Wildman–Crippen MR) is 83.6 cm³/mol. The van der Waals surface area contributed by atoms with Gasteiger partial charge in [0.05, 0.1) is 13.2 Å². The molecule has 0 radical (unpaired) electrons. The Morgan fingerprint density at radius 2 is 1.50 bits per heavy atom. The summed E-state index contributed by atoms with van der Waals surface area (Å²) in [6.07, 6.45) is 15.9. The number of methoxy groups -OCH3 is 1. The Kier molecular flexibility index (Phi) is 14.0. The molecular weight excluding hydrogens is 252 g/mol. The minimum absolute atomic E-state index is 0.410.